The third-order valence-corrected chi connectivity index (χ3v) is 9.83. The van der Waals surface area contributed by atoms with E-state index in [1.165, 1.54) is 65.7 Å². The molecule has 0 aliphatic carbocycles. The Kier molecular flexibility index (Phi) is 9.08. The largest absolute Gasteiger partial charge is 0.392 e. The molecule has 0 spiro atoms. The van der Waals surface area contributed by atoms with Crippen molar-refractivity contribution < 1.29 is 0 Å². The fourth-order valence-electron chi connectivity index (χ4n) is 6.42. The van der Waals surface area contributed by atoms with Crippen LogP contribution in [0.2, 0.25) is 0 Å². The molecule has 0 radical (unpaired) electrons. The van der Waals surface area contributed by atoms with E-state index in [4.69, 9.17) is 0 Å². The minimum Gasteiger partial charge on any atom is -0.392 e. The van der Waals surface area contributed by atoms with Crippen LogP contribution in [-0.2, 0) is 0 Å². The first-order valence-corrected chi connectivity index (χ1v) is 17.4. The summed E-state index contributed by atoms with van der Waals surface area (Å²) in [6.07, 6.45) is 10.3. The SMILES string of the molecule is C=C/C=C\CCC.CN/C=C(\Nn1c2cc(-c3ccccc3)ccc2c2c3ccccc3ccc21)c1ccc2c(c1)sc1ccccc12. The highest BCUT2D eigenvalue weighted by atomic mass is 32.1. The van der Waals surface area contributed by atoms with Crippen molar-refractivity contribution in [3.63, 3.8) is 0 Å². The average molecular weight is 642 g/mol. The van der Waals surface area contributed by atoms with Crippen LogP contribution in [0.4, 0.5) is 0 Å². The maximum Gasteiger partial charge on any atom is 0.0775 e. The molecule has 8 rings (SSSR count). The molecule has 0 aliphatic rings. The van der Waals surface area contributed by atoms with E-state index >= 15 is 0 Å². The van der Waals surface area contributed by atoms with Gasteiger partial charge in [0, 0.05) is 49.8 Å². The van der Waals surface area contributed by atoms with Crippen molar-refractivity contribution >= 4 is 69.8 Å². The third kappa shape index (κ3) is 5.99. The number of aromatic nitrogens is 1. The summed E-state index contributed by atoms with van der Waals surface area (Å²) in [7, 11) is 1.95. The second-order valence-corrected chi connectivity index (χ2v) is 12.9. The van der Waals surface area contributed by atoms with Crippen molar-refractivity contribution in [3.8, 4) is 11.1 Å². The quantitative estimate of drug-likeness (QED) is 0.162. The number of thiophene rings is 1. The summed E-state index contributed by atoms with van der Waals surface area (Å²) < 4.78 is 4.85. The van der Waals surface area contributed by atoms with Crippen molar-refractivity contribution in [3.05, 3.63) is 164 Å². The molecule has 0 amide bonds. The van der Waals surface area contributed by atoms with Gasteiger partial charge in [-0.15, -0.1) is 11.3 Å². The molecule has 0 bridgehead atoms. The number of benzene rings is 6. The van der Waals surface area contributed by atoms with Crippen LogP contribution in [0.3, 0.4) is 0 Å². The van der Waals surface area contributed by atoms with E-state index in [9.17, 15) is 0 Å². The number of nitrogens with zero attached hydrogens (tertiary/aromatic N) is 1. The molecule has 0 saturated carbocycles. The number of fused-ring (bicyclic) bond motifs is 8. The lowest BCUT2D eigenvalue weighted by Gasteiger charge is -2.16. The Bertz CT molecular complexity index is 2440. The van der Waals surface area contributed by atoms with Gasteiger partial charge in [0.25, 0.3) is 0 Å². The molecule has 0 atom stereocenters. The fourth-order valence-corrected chi connectivity index (χ4v) is 7.56. The first-order valence-electron chi connectivity index (χ1n) is 16.5. The van der Waals surface area contributed by atoms with Crippen molar-refractivity contribution in [2.75, 3.05) is 12.5 Å². The van der Waals surface area contributed by atoms with E-state index in [1.54, 1.807) is 6.08 Å². The van der Waals surface area contributed by atoms with Crippen LogP contribution in [0.5, 0.6) is 0 Å². The van der Waals surface area contributed by atoms with Gasteiger partial charge < -0.3 is 5.32 Å². The zero-order valence-corrected chi connectivity index (χ0v) is 28.2. The number of allylic oxidation sites excluding steroid dienone is 3. The van der Waals surface area contributed by atoms with Crippen LogP contribution in [0.15, 0.2) is 158 Å². The predicted octanol–water partition coefficient (Wildman–Crippen LogP) is 12.3. The maximum absolute atomic E-state index is 3.82. The average Bonchev–Trinajstić information content (AvgIpc) is 3.67. The summed E-state index contributed by atoms with van der Waals surface area (Å²) in [6.45, 7) is 5.71. The Morgan fingerprint density at radius 2 is 1.46 bits per heavy atom. The molecule has 8 aromatic rings. The lowest BCUT2D eigenvalue weighted by atomic mass is 10.0. The van der Waals surface area contributed by atoms with Crippen LogP contribution in [0.1, 0.15) is 25.3 Å². The van der Waals surface area contributed by atoms with Crippen LogP contribution in [0.25, 0.3) is 69.6 Å². The van der Waals surface area contributed by atoms with E-state index in [1.807, 2.05) is 30.7 Å². The monoisotopic (exact) mass is 641 g/mol. The van der Waals surface area contributed by atoms with Gasteiger partial charge in [0.05, 0.1) is 16.7 Å². The van der Waals surface area contributed by atoms with Crippen molar-refractivity contribution in [1.82, 2.24) is 9.99 Å². The lowest BCUT2D eigenvalue weighted by molar-refractivity contribution is 0.959. The van der Waals surface area contributed by atoms with Crippen molar-refractivity contribution in [2.45, 2.75) is 19.8 Å². The number of rotatable bonds is 8. The zero-order valence-electron chi connectivity index (χ0n) is 27.4. The van der Waals surface area contributed by atoms with Gasteiger partial charge in [-0.1, -0.05) is 141 Å². The molecule has 3 nitrogen and oxygen atoms in total. The molecule has 0 saturated heterocycles. The number of nitrogens with one attached hydrogen (secondary N) is 2. The smallest absolute Gasteiger partial charge is 0.0775 e. The molecule has 2 heterocycles. The minimum absolute atomic E-state index is 1.00. The Hall–Kier alpha value is -5.58. The van der Waals surface area contributed by atoms with Gasteiger partial charge in [-0.2, -0.15) is 0 Å². The van der Waals surface area contributed by atoms with Gasteiger partial charge in [0.2, 0.25) is 0 Å². The second kappa shape index (κ2) is 14.0. The maximum atomic E-state index is 3.82. The minimum atomic E-state index is 1.00. The summed E-state index contributed by atoms with van der Waals surface area (Å²) in [5, 5.41) is 10.9. The molecule has 2 N–H and O–H groups in total. The third-order valence-electron chi connectivity index (χ3n) is 8.70. The van der Waals surface area contributed by atoms with E-state index < -0.39 is 0 Å². The van der Waals surface area contributed by atoms with Gasteiger partial charge in [-0.25, -0.2) is 0 Å². The highest BCUT2D eigenvalue weighted by Gasteiger charge is 2.16. The normalized spacial score (nSPS) is 11.8. The Labute approximate surface area is 286 Å². The van der Waals surface area contributed by atoms with Crippen LogP contribution in [-0.4, -0.2) is 11.7 Å². The summed E-state index contributed by atoms with van der Waals surface area (Å²) in [5.41, 5.74) is 10.6. The van der Waals surface area contributed by atoms with E-state index in [0.717, 1.165) is 22.3 Å². The zero-order chi connectivity index (χ0) is 32.9. The molecule has 6 aromatic carbocycles. The molecular formula is C44H39N3S. The van der Waals surface area contributed by atoms with Crippen LogP contribution < -0.4 is 10.7 Å². The summed E-state index contributed by atoms with van der Waals surface area (Å²) in [5.74, 6) is 0. The Morgan fingerprint density at radius 3 is 2.27 bits per heavy atom. The van der Waals surface area contributed by atoms with E-state index in [0.29, 0.717) is 0 Å². The number of unbranched alkanes of at least 4 members (excludes halogenated alkanes) is 1. The molecule has 0 aliphatic heterocycles. The molecule has 2 aromatic heterocycles. The topological polar surface area (TPSA) is 29.0 Å². The van der Waals surface area contributed by atoms with Gasteiger partial charge in [-0.05, 0) is 52.6 Å². The van der Waals surface area contributed by atoms with E-state index in [-0.39, 0.29) is 0 Å². The molecule has 0 fully saturated rings. The predicted molar refractivity (Wildman–Crippen MR) is 212 cm³/mol. The number of hydrogen-bond donors (Lipinski definition) is 2. The highest BCUT2D eigenvalue weighted by molar-refractivity contribution is 7.25. The van der Waals surface area contributed by atoms with Crippen LogP contribution in [0, 0.1) is 0 Å². The summed E-state index contributed by atoms with van der Waals surface area (Å²) in [6, 6.07) is 45.9. The lowest BCUT2D eigenvalue weighted by Crippen LogP contribution is -2.15. The first kappa shape index (κ1) is 31.0. The van der Waals surface area contributed by atoms with Gasteiger partial charge in [0.15, 0.2) is 0 Å². The fraction of sp³-hybridized carbons (Fsp3) is 0.0909. The van der Waals surface area contributed by atoms with Gasteiger partial charge >= 0.3 is 0 Å². The highest BCUT2D eigenvalue weighted by Crippen LogP contribution is 2.38. The standard InChI is InChI=1S/C37H27N3S.C7H12/c1-38-23-32(27-16-18-30-29-13-7-8-14-35(29)41-36(30)22-27)39-40-33-20-17-25-11-5-6-12-28(25)37(33)31-19-15-26(21-34(31)40)24-9-3-2-4-10-24;1-3-5-7-6-4-2/h2-23,38-39H,1H3;3,5,7H,1,4,6H2,2H3/b32-23-;7-5-. The molecule has 48 heavy (non-hydrogen) atoms. The molecule has 0 unspecified atom stereocenters. The summed E-state index contributed by atoms with van der Waals surface area (Å²) in [4.78, 5) is 0. The first-order chi connectivity index (χ1) is 23.7. The Morgan fingerprint density at radius 1 is 0.708 bits per heavy atom. The van der Waals surface area contributed by atoms with Crippen molar-refractivity contribution in [1.29, 1.82) is 0 Å². The van der Waals surface area contributed by atoms with Gasteiger partial charge in [-0.3, -0.25) is 10.1 Å². The van der Waals surface area contributed by atoms with Crippen molar-refractivity contribution in [2.24, 2.45) is 0 Å². The summed E-state index contributed by atoms with van der Waals surface area (Å²) >= 11 is 1.84. The number of hydrogen-bond acceptors (Lipinski definition) is 3. The molecule has 4 heteroatoms. The second-order valence-electron chi connectivity index (χ2n) is 11.8. The molecule has 236 valence electrons. The van der Waals surface area contributed by atoms with Gasteiger partial charge in [0.1, 0.15) is 0 Å². The Balaban J connectivity index is 0.000000473. The van der Waals surface area contributed by atoms with E-state index in [2.05, 4.69) is 162 Å². The molecular weight excluding hydrogens is 603 g/mol. The van der Waals surface area contributed by atoms with Crippen LogP contribution >= 0.6 is 11.3 Å².